The zero-order valence-electron chi connectivity index (χ0n) is 12.0. The number of fused-ring (bicyclic) bond motifs is 1. The molecule has 1 aliphatic rings. The second kappa shape index (κ2) is 8.40. The lowest BCUT2D eigenvalue weighted by molar-refractivity contribution is 0.203. The van der Waals surface area contributed by atoms with Gasteiger partial charge in [0.15, 0.2) is 0 Å². The smallest absolute Gasteiger partial charge is 0.0530 e. The fourth-order valence-corrected chi connectivity index (χ4v) is 2.85. The van der Waals surface area contributed by atoms with Crippen molar-refractivity contribution >= 4 is 35.6 Å². The van der Waals surface area contributed by atoms with Crippen LogP contribution in [-0.4, -0.2) is 31.1 Å². The Kier molecular flexibility index (Phi) is 7.20. The normalized spacial score (nSPS) is 16.6. The molecule has 1 aliphatic heterocycles. The van der Waals surface area contributed by atoms with Crippen LogP contribution in [0.3, 0.4) is 0 Å². The number of nitrogens with zero attached hydrogens (tertiary/aromatic N) is 1. The first-order chi connectivity index (χ1) is 9.38. The SMILES string of the molecule is C=C[C@@H](c1ccc2ccccc2c1)N1CCNCC1.Cl.Cl. The second-order valence-corrected chi connectivity index (χ2v) is 5.07. The van der Waals surface area contributed by atoms with Crippen LogP contribution in [0.15, 0.2) is 55.1 Å². The van der Waals surface area contributed by atoms with Gasteiger partial charge in [-0.25, -0.2) is 0 Å². The number of benzene rings is 2. The zero-order valence-corrected chi connectivity index (χ0v) is 13.6. The third-order valence-electron chi connectivity index (χ3n) is 3.88. The van der Waals surface area contributed by atoms with Crippen molar-refractivity contribution in [2.75, 3.05) is 26.2 Å². The number of hydrogen-bond acceptors (Lipinski definition) is 2. The van der Waals surface area contributed by atoms with Crippen LogP contribution in [0, 0.1) is 0 Å². The van der Waals surface area contributed by atoms with Crippen LogP contribution in [0.2, 0.25) is 0 Å². The Labute approximate surface area is 139 Å². The summed E-state index contributed by atoms with van der Waals surface area (Å²) in [5.74, 6) is 0. The van der Waals surface area contributed by atoms with Gasteiger partial charge in [-0.3, -0.25) is 4.90 Å². The van der Waals surface area contributed by atoms with E-state index in [1.54, 1.807) is 0 Å². The molecule has 1 saturated heterocycles. The average molecular weight is 325 g/mol. The Balaban J connectivity index is 0.00000110. The highest BCUT2D eigenvalue weighted by Crippen LogP contribution is 2.25. The first-order valence-electron chi connectivity index (χ1n) is 6.94. The largest absolute Gasteiger partial charge is 0.314 e. The topological polar surface area (TPSA) is 15.3 Å². The maximum atomic E-state index is 4.03. The zero-order chi connectivity index (χ0) is 13.1. The highest BCUT2D eigenvalue weighted by molar-refractivity contribution is 5.85. The summed E-state index contributed by atoms with van der Waals surface area (Å²) in [6.07, 6.45) is 2.06. The van der Waals surface area contributed by atoms with Gasteiger partial charge in [0.1, 0.15) is 0 Å². The molecule has 0 unspecified atom stereocenters. The van der Waals surface area contributed by atoms with Crippen LogP contribution in [0.5, 0.6) is 0 Å². The van der Waals surface area contributed by atoms with Gasteiger partial charge in [0.2, 0.25) is 0 Å². The maximum Gasteiger partial charge on any atom is 0.0530 e. The van der Waals surface area contributed by atoms with E-state index in [-0.39, 0.29) is 24.8 Å². The second-order valence-electron chi connectivity index (χ2n) is 5.07. The first-order valence-corrected chi connectivity index (χ1v) is 6.94. The lowest BCUT2D eigenvalue weighted by Crippen LogP contribution is -2.44. The van der Waals surface area contributed by atoms with Gasteiger partial charge in [-0.05, 0) is 22.4 Å². The summed E-state index contributed by atoms with van der Waals surface area (Å²) in [5.41, 5.74) is 1.34. The fraction of sp³-hybridized carbons (Fsp3) is 0.294. The Morgan fingerprint density at radius 2 is 1.67 bits per heavy atom. The highest BCUT2D eigenvalue weighted by Gasteiger charge is 2.19. The monoisotopic (exact) mass is 324 g/mol. The molecule has 0 aromatic heterocycles. The molecule has 0 saturated carbocycles. The molecule has 3 rings (SSSR count). The third kappa shape index (κ3) is 3.98. The molecule has 21 heavy (non-hydrogen) atoms. The Bertz CT molecular complexity index is 580. The fourth-order valence-electron chi connectivity index (χ4n) is 2.85. The number of rotatable bonds is 3. The van der Waals surface area contributed by atoms with Crippen LogP contribution >= 0.6 is 24.8 Å². The Hall–Kier alpha value is -1.06. The number of halogens is 2. The van der Waals surface area contributed by atoms with E-state index < -0.39 is 0 Å². The summed E-state index contributed by atoms with van der Waals surface area (Å²) in [7, 11) is 0. The van der Waals surface area contributed by atoms with Crippen molar-refractivity contribution in [2.24, 2.45) is 0 Å². The van der Waals surface area contributed by atoms with E-state index in [9.17, 15) is 0 Å². The molecule has 0 bridgehead atoms. The first kappa shape index (κ1) is 18.0. The Morgan fingerprint density at radius 1 is 1.00 bits per heavy atom. The number of piperazine rings is 1. The molecule has 114 valence electrons. The lowest BCUT2D eigenvalue weighted by atomic mass is 10.0. The molecular formula is C17H22Cl2N2. The van der Waals surface area contributed by atoms with E-state index in [4.69, 9.17) is 0 Å². The van der Waals surface area contributed by atoms with Gasteiger partial charge in [-0.2, -0.15) is 0 Å². The van der Waals surface area contributed by atoms with E-state index in [1.807, 2.05) is 0 Å². The molecule has 1 N–H and O–H groups in total. The van der Waals surface area contributed by atoms with Crippen LogP contribution in [-0.2, 0) is 0 Å². The van der Waals surface area contributed by atoms with Gasteiger partial charge in [-0.15, -0.1) is 31.4 Å². The van der Waals surface area contributed by atoms with Crippen molar-refractivity contribution in [3.05, 3.63) is 60.7 Å². The van der Waals surface area contributed by atoms with E-state index in [0.717, 1.165) is 26.2 Å². The predicted octanol–water partition coefficient (Wildman–Crippen LogP) is 3.82. The minimum Gasteiger partial charge on any atom is -0.314 e. The minimum atomic E-state index is 0. The number of nitrogens with one attached hydrogen (secondary N) is 1. The summed E-state index contributed by atoms with van der Waals surface area (Å²) in [6, 6.07) is 15.6. The van der Waals surface area contributed by atoms with Gasteiger partial charge in [0, 0.05) is 26.2 Å². The van der Waals surface area contributed by atoms with Crippen molar-refractivity contribution in [3.63, 3.8) is 0 Å². The molecule has 2 aromatic carbocycles. The average Bonchev–Trinajstić information content (AvgIpc) is 2.49. The predicted molar refractivity (Wildman–Crippen MR) is 95.8 cm³/mol. The van der Waals surface area contributed by atoms with Crippen LogP contribution < -0.4 is 5.32 Å². The quantitative estimate of drug-likeness (QED) is 0.863. The van der Waals surface area contributed by atoms with Crippen LogP contribution in [0.4, 0.5) is 0 Å². The summed E-state index contributed by atoms with van der Waals surface area (Å²) in [6.45, 7) is 8.34. The molecule has 1 heterocycles. The van der Waals surface area contributed by atoms with Crippen LogP contribution in [0.1, 0.15) is 11.6 Å². The Morgan fingerprint density at radius 3 is 2.33 bits per heavy atom. The summed E-state index contributed by atoms with van der Waals surface area (Å²) < 4.78 is 0. The van der Waals surface area contributed by atoms with Crippen molar-refractivity contribution in [1.29, 1.82) is 0 Å². The summed E-state index contributed by atoms with van der Waals surface area (Å²) in [5, 5.41) is 6.01. The molecule has 2 aromatic rings. The summed E-state index contributed by atoms with van der Waals surface area (Å²) >= 11 is 0. The molecule has 0 radical (unpaired) electrons. The van der Waals surface area contributed by atoms with E-state index >= 15 is 0 Å². The third-order valence-corrected chi connectivity index (χ3v) is 3.88. The maximum absolute atomic E-state index is 4.03. The van der Waals surface area contributed by atoms with E-state index in [1.165, 1.54) is 16.3 Å². The number of hydrogen-bond donors (Lipinski definition) is 1. The van der Waals surface area contributed by atoms with Crippen molar-refractivity contribution in [1.82, 2.24) is 10.2 Å². The standard InChI is InChI=1S/C17H20N2.2ClH/c1-2-17(19-11-9-18-10-12-19)16-8-7-14-5-3-4-6-15(14)13-16;;/h2-8,13,17-18H,1,9-12H2;2*1H/t17-;;/m0../s1. The minimum absolute atomic E-state index is 0. The van der Waals surface area contributed by atoms with Gasteiger partial charge in [-0.1, -0.05) is 42.5 Å². The van der Waals surface area contributed by atoms with E-state index in [2.05, 4.69) is 65.3 Å². The molecule has 1 atom stereocenters. The molecule has 1 fully saturated rings. The molecule has 0 aliphatic carbocycles. The molecular weight excluding hydrogens is 303 g/mol. The van der Waals surface area contributed by atoms with Crippen molar-refractivity contribution in [3.8, 4) is 0 Å². The van der Waals surface area contributed by atoms with Crippen LogP contribution in [0.25, 0.3) is 10.8 Å². The molecule has 2 nitrogen and oxygen atoms in total. The van der Waals surface area contributed by atoms with Crippen molar-refractivity contribution in [2.45, 2.75) is 6.04 Å². The summed E-state index contributed by atoms with van der Waals surface area (Å²) in [4.78, 5) is 2.49. The van der Waals surface area contributed by atoms with Crippen molar-refractivity contribution < 1.29 is 0 Å². The van der Waals surface area contributed by atoms with Gasteiger partial charge >= 0.3 is 0 Å². The highest BCUT2D eigenvalue weighted by atomic mass is 35.5. The molecule has 0 amide bonds. The molecule has 0 spiro atoms. The molecule has 4 heteroatoms. The van der Waals surface area contributed by atoms with Gasteiger partial charge in [0.25, 0.3) is 0 Å². The van der Waals surface area contributed by atoms with E-state index in [0.29, 0.717) is 6.04 Å². The van der Waals surface area contributed by atoms with Gasteiger partial charge in [0.05, 0.1) is 6.04 Å². The van der Waals surface area contributed by atoms with Gasteiger partial charge < -0.3 is 5.32 Å². The lowest BCUT2D eigenvalue weighted by Gasteiger charge is -2.33.